The maximum absolute atomic E-state index is 12.7. The number of esters is 1. The van der Waals surface area contributed by atoms with Gasteiger partial charge in [-0.1, -0.05) is 11.7 Å². The monoisotopic (exact) mass is 375 g/mol. The molecule has 1 aliphatic rings. The topological polar surface area (TPSA) is 85.5 Å². The number of nitrogens with zero attached hydrogens (tertiary/aromatic N) is 3. The van der Waals surface area contributed by atoms with E-state index in [1.165, 1.54) is 11.3 Å². The summed E-state index contributed by atoms with van der Waals surface area (Å²) < 4.78 is 10.1. The van der Waals surface area contributed by atoms with Gasteiger partial charge in [-0.25, -0.2) is 9.78 Å². The van der Waals surface area contributed by atoms with Crippen molar-refractivity contribution in [1.29, 1.82) is 0 Å². The van der Waals surface area contributed by atoms with Crippen LogP contribution in [0.4, 0.5) is 0 Å². The van der Waals surface area contributed by atoms with Crippen LogP contribution in [-0.2, 0) is 16.1 Å². The second-order valence-corrected chi connectivity index (χ2v) is 7.24. The number of carbonyl (C=O) groups excluding carboxylic acids is 2. The van der Waals surface area contributed by atoms with Gasteiger partial charge in [-0.05, 0) is 27.2 Å². The van der Waals surface area contributed by atoms with Crippen molar-refractivity contribution in [2.24, 2.45) is 0 Å². The Morgan fingerprint density at radius 1 is 1.50 bits per heavy atom. The molecule has 1 saturated heterocycles. The number of ether oxygens (including phenoxy) is 1. The van der Waals surface area contributed by atoms with Crippen molar-refractivity contribution in [3.63, 3.8) is 0 Å². The first-order chi connectivity index (χ1) is 12.4. The molecule has 0 aliphatic carbocycles. The Hall–Kier alpha value is -2.48. The highest BCUT2D eigenvalue weighted by atomic mass is 32.1. The molecule has 0 N–H and O–H groups in total. The van der Waals surface area contributed by atoms with Gasteiger partial charge in [0.2, 0.25) is 5.91 Å². The predicted octanol–water partition coefficient (Wildman–Crippen LogP) is 3.00. The van der Waals surface area contributed by atoms with Crippen LogP contribution in [0.15, 0.2) is 22.7 Å². The number of piperidine rings is 1. The number of hydrogen-bond donors (Lipinski definition) is 0. The van der Waals surface area contributed by atoms with Crippen molar-refractivity contribution in [2.45, 2.75) is 39.7 Å². The average molecular weight is 375 g/mol. The van der Waals surface area contributed by atoms with Crippen LogP contribution in [0.3, 0.4) is 0 Å². The molecule has 1 atom stereocenters. The normalized spacial score (nSPS) is 17.7. The van der Waals surface area contributed by atoms with Crippen LogP contribution >= 0.6 is 11.3 Å². The minimum absolute atomic E-state index is 0.118. The number of carbonyl (C=O) groups is 2. The lowest BCUT2D eigenvalue weighted by atomic mass is 9.92. The number of rotatable bonds is 5. The van der Waals surface area contributed by atoms with Crippen molar-refractivity contribution in [3.8, 4) is 0 Å². The number of thiazole rings is 1. The van der Waals surface area contributed by atoms with Gasteiger partial charge in [0.05, 0.1) is 18.8 Å². The van der Waals surface area contributed by atoms with E-state index in [1.807, 2.05) is 13.0 Å². The van der Waals surface area contributed by atoms with E-state index in [9.17, 15) is 9.59 Å². The molecule has 1 aliphatic heterocycles. The van der Waals surface area contributed by atoms with E-state index in [4.69, 9.17) is 9.26 Å². The Bertz CT molecular complexity index is 854. The maximum Gasteiger partial charge on any atom is 0.350 e. The van der Waals surface area contributed by atoms with Crippen LogP contribution in [0.1, 0.15) is 51.1 Å². The molecule has 3 rings (SSSR count). The van der Waals surface area contributed by atoms with Gasteiger partial charge in [0.15, 0.2) is 0 Å². The molecule has 0 radical (unpaired) electrons. The number of amides is 1. The number of aryl methyl sites for hydroxylation is 2. The summed E-state index contributed by atoms with van der Waals surface area (Å²) in [6, 6.07) is 1.82. The van der Waals surface area contributed by atoms with Gasteiger partial charge in [-0.15, -0.1) is 11.3 Å². The molecule has 0 saturated carbocycles. The first kappa shape index (κ1) is 18.3. The lowest BCUT2D eigenvalue weighted by molar-refractivity contribution is -0.129. The van der Waals surface area contributed by atoms with Crippen LogP contribution in [0, 0.1) is 13.8 Å². The Morgan fingerprint density at radius 3 is 2.92 bits per heavy atom. The van der Waals surface area contributed by atoms with Gasteiger partial charge in [0, 0.05) is 24.1 Å². The Morgan fingerprint density at radius 2 is 2.27 bits per heavy atom. The molecular weight excluding hydrogens is 354 g/mol. The lowest BCUT2D eigenvalue weighted by Crippen LogP contribution is -2.39. The van der Waals surface area contributed by atoms with Gasteiger partial charge in [-0.2, -0.15) is 0 Å². The zero-order valence-electron chi connectivity index (χ0n) is 15.1. The van der Waals surface area contributed by atoms with Crippen molar-refractivity contribution in [3.05, 3.63) is 45.3 Å². The predicted molar refractivity (Wildman–Crippen MR) is 96.0 cm³/mol. The molecule has 1 unspecified atom stereocenters. The fourth-order valence-corrected chi connectivity index (χ4v) is 4.11. The minimum atomic E-state index is -0.371. The van der Waals surface area contributed by atoms with E-state index in [2.05, 4.69) is 16.7 Å². The van der Waals surface area contributed by atoms with E-state index in [0.29, 0.717) is 48.0 Å². The van der Waals surface area contributed by atoms with Gasteiger partial charge < -0.3 is 14.2 Å². The first-order valence-electron chi connectivity index (χ1n) is 8.45. The molecule has 1 amide bonds. The fourth-order valence-electron chi connectivity index (χ4n) is 2.98. The van der Waals surface area contributed by atoms with E-state index in [0.717, 1.165) is 10.7 Å². The Balaban J connectivity index is 1.74. The van der Waals surface area contributed by atoms with Crippen LogP contribution in [0.5, 0.6) is 0 Å². The second kappa shape index (κ2) is 7.41. The highest BCUT2D eigenvalue weighted by Crippen LogP contribution is 2.36. The molecule has 1 fully saturated rings. The van der Waals surface area contributed by atoms with Crippen molar-refractivity contribution in [2.75, 3.05) is 13.2 Å². The Kier molecular flexibility index (Phi) is 5.22. The molecule has 26 heavy (non-hydrogen) atoms. The van der Waals surface area contributed by atoms with E-state index >= 15 is 0 Å². The quantitative estimate of drug-likeness (QED) is 0.590. The zero-order valence-corrected chi connectivity index (χ0v) is 15.9. The SMILES string of the molecule is C=C1C(=O)N(Cc2cc(C)on2)CCC1c1nc(C)c(C(=O)OCC)s1. The maximum atomic E-state index is 12.7. The lowest BCUT2D eigenvalue weighted by Gasteiger charge is -2.31. The van der Waals surface area contributed by atoms with E-state index in [-0.39, 0.29) is 17.8 Å². The van der Waals surface area contributed by atoms with E-state index < -0.39 is 0 Å². The molecule has 2 aromatic rings. The van der Waals surface area contributed by atoms with Crippen LogP contribution < -0.4 is 0 Å². The second-order valence-electron chi connectivity index (χ2n) is 6.21. The summed E-state index contributed by atoms with van der Waals surface area (Å²) in [5, 5.41) is 4.67. The standard InChI is InChI=1S/C18H21N3O4S/c1-5-24-18(23)15-12(4)19-16(26-15)14-6-7-21(17(22)11(14)3)9-13-8-10(2)25-20-13/h8,14H,3,5-7,9H2,1-2,4H3. The van der Waals surface area contributed by atoms with Crippen LogP contribution in [0.2, 0.25) is 0 Å². The molecule has 138 valence electrons. The number of likely N-dealkylation sites (tertiary alicyclic amines) is 1. The summed E-state index contributed by atoms with van der Waals surface area (Å²) in [5.74, 6) is 0.0487. The first-order valence-corrected chi connectivity index (χ1v) is 9.27. The molecular formula is C18H21N3O4S. The number of aromatic nitrogens is 2. The van der Waals surface area contributed by atoms with Crippen LogP contribution in [0.25, 0.3) is 0 Å². The molecule has 8 heteroatoms. The summed E-state index contributed by atoms with van der Waals surface area (Å²) in [4.78, 5) is 31.4. The van der Waals surface area contributed by atoms with Gasteiger partial charge in [0.25, 0.3) is 0 Å². The summed E-state index contributed by atoms with van der Waals surface area (Å²) in [5.41, 5.74) is 1.83. The molecule has 2 aromatic heterocycles. The zero-order chi connectivity index (χ0) is 18.8. The van der Waals surface area contributed by atoms with Gasteiger partial charge >= 0.3 is 5.97 Å². The van der Waals surface area contributed by atoms with Gasteiger partial charge in [-0.3, -0.25) is 4.79 Å². The third-order valence-electron chi connectivity index (χ3n) is 4.27. The molecule has 0 spiro atoms. The molecule has 7 nitrogen and oxygen atoms in total. The highest BCUT2D eigenvalue weighted by molar-refractivity contribution is 7.13. The minimum Gasteiger partial charge on any atom is -0.462 e. The third kappa shape index (κ3) is 3.55. The molecule has 0 bridgehead atoms. The highest BCUT2D eigenvalue weighted by Gasteiger charge is 2.34. The van der Waals surface area contributed by atoms with Crippen LogP contribution in [-0.4, -0.2) is 40.1 Å². The summed E-state index contributed by atoms with van der Waals surface area (Å²) in [6.45, 7) is 10.6. The largest absolute Gasteiger partial charge is 0.462 e. The number of hydrogen-bond acceptors (Lipinski definition) is 7. The fraction of sp³-hybridized carbons (Fsp3) is 0.444. The van der Waals surface area contributed by atoms with Gasteiger partial charge in [0.1, 0.15) is 21.3 Å². The van der Waals surface area contributed by atoms with Crippen molar-refractivity contribution < 1.29 is 18.8 Å². The van der Waals surface area contributed by atoms with E-state index in [1.54, 1.807) is 18.7 Å². The summed E-state index contributed by atoms with van der Waals surface area (Å²) >= 11 is 1.28. The smallest absolute Gasteiger partial charge is 0.350 e. The van der Waals surface area contributed by atoms with Crippen molar-refractivity contribution in [1.82, 2.24) is 15.0 Å². The molecule has 3 heterocycles. The molecule has 0 aromatic carbocycles. The average Bonchev–Trinajstić information content (AvgIpc) is 3.18. The van der Waals surface area contributed by atoms with Crippen molar-refractivity contribution >= 4 is 23.2 Å². The summed E-state index contributed by atoms with van der Waals surface area (Å²) in [6.07, 6.45) is 0.705. The third-order valence-corrected chi connectivity index (χ3v) is 5.52. The Labute approximate surface area is 155 Å². The summed E-state index contributed by atoms with van der Waals surface area (Å²) in [7, 11) is 0.